The van der Waals surface area contributed by atoms with Crippen LogP contribution in [0.5, 0.6) is 0 Å². The molecule has 0 aromatic heterocycles. The van der Waals surface area contributed by atoms with Crippen LogP contribution in [0.15, 0.2) is 64.1 Å². The van der Waals surface area contributed by atoms with Crippen LogP contribution in [0.25, 0.3) is 6.08 Å². The molecule has 2 aromatic carbocycles. The van der Waals surface area contributed by atoms with Gasteiger partial charge in [0.05, 0.1) is 30.0 Å². The Morgan fingerprint density at radius 1 is 1.20 bits per heavy atom. The van der Waals surface area contributed by atoms with Crippen molar-refractivity contribution in [3.05, 3.63) is 69.8 Å². The van der Waals surface area contributed by atoms with Gasteiger partial charge >= 0.3 is 0 Å². The van der Waals surface area contributed by atoms with Crippen molar-refractivity contribution in [2.45, 2.75) is 11.8 Å². The van der Waals surface area contributed by atoms with Gasteiger partial charge in [-0.15, -0.1) is 0 Å². The average Bonchev–Trinajstić information content (AvgIpc) is 2.75. The van der Waals surface area contributed by atoms with Crippen molar-refractivity contribution in [1.82, 2.24) is 4.31 Å². The van der Waals surface area contributed by atoms with Crippen molar-refractivity contribution in [3.63, 3.8) is 0 Å². The average molecular weight is 430 g/mol. The maximum absolute atomic E-state index is 13.1. The number of anilines is 1. The number of nitrogens with zero attached hydrogens (tertiary/aromatic N) is 3. The lowest BCUT2D eigenvalue weighted by Crippen LogP contribution is -2.40. The third-order valence-corrected chi connectivity index (χ3v) is 6.35. The van der Waals surface area contributed by atoms with Gasteiger partial charge in [-0.2, -0.15) is 9.41 Å². The highest BCUT2D eigenvalue weighted by Gasteiger charge is 2.30. The fraction of sp³-hybridized carbons (Fsp3) is 0.250. The molecule has 1 aliphatic rings. The molecule has 1 aliphatic heterocycles. The summed E-state index contributed by atoms with van der Waals surface area (Å²) >= 11 is 0. The number of hydrazone groups is 1. The summed E-state index contributed by atoms with van der Waals surface area (Å²) in [7, 11) is -3.95. The first-order valence-corrected chi connectivity index (χ1v) is 10.7. The second kappa shape index (κ2) is 9.61. The first-order valence-electron chi connectivity index (χ1n) is 9.27. The van der Waals surface area contributed by atoms with E-state index in [2.05, 4.69) is 10.5 Å². The number of nitrogens with one attached hydrogen (secondary N) is 1. The molecule has 1 N–H and O–H groups in total. The largest absolute Gasteiger partial charge is 0.379 e. The Morgan fingerprint density at radius 3 is 2.57 bits per heavy atom. The molecule has 1 heterocycles. The SMILES string of the molecule is CC(/C=N/Nc1ccc([N+](=O)[O-])cc1S(=O)(=O)N1CCOCC1)=C\c1ccccc1. The number of ether oxygens (including phenoxy) is 1. The van der Waals surface area contributed by atoms with E-state index < -0.39 is 14.9 Å². The summed E-state index contributed by atoms with van der Waals surface area (Å²) in [6.45, 7) is 2.79. The second-order valence-corrected chi connectivity index (χ2v) is 8.53. The molecule has 3 rings (SSSR count). The molecule has 0 amide bonds. The van der Waals surface area contributed by atoms with Gasteiger partial charge in [0.25, 0.3) is 5.69 Å². The fourth-order valence-corrected chi connectivity index (χ4v) is 4.48. The molecule has 1 fully saturated rings. The molecule has 0 unspecified atom stereocenters. The molecule has 1 saturated heterocycles. The number of hydrogen-bond acceptors (Lipinski definition) is 7. The summed E-state index contributed by atoms with van der Waals surface area (Å²) in [5.41, 5.74) is 4.41. The molecule has 30 heavy (non-hydrogen) atoms. The molecule has 0 bridgehead atoms. The van der Waals surface area contributed by atoms with Crippen LogP contribution in [0.2, 0.25) is 0 Å². The fourth-order valence-electron chi connectivity index (χ4n) is 2.91. The Labute approximate surface area is 174 Å². The number of sulfonamides is 1. The van der Waals surface area contributed by atoms with Crippen molar-refractivity contribution in [2.24, 2.45) is 5.10 Å². The highest BCUT2D eigenvalue weighted by atomic mass is 32.2. The normalized spacial score (nSPS) is 16.0. The maximum atomic E-state index is 13.1. The van der Waals surface area contributed by atoms with Crippen molar-refractivity contribution < 1.29 is 18.1 Å². The zero-order valence-electron chi connectivity index (χ0n) is 16.4. The summed E-state index contributed by atoms with van der Waals surface area (Å²) in [6, 6.07) is 13.3. The van der Waals surface area contributed by atoms with Gasteiger partial charge in [-0.1, -0.05) is 36.4 Å². The number of hydrogen-bond donors (Lipinski definition) is 1. The van der Waals surface area contributed by atoms with Gasteiger partial charge in [0.2, 0.25) is 10.0 Å². The van der Waals surface area contributed by atoms with E-state index >= 15 is 0 Å². The molecular formula is C20H22N4O5S. The molecule has 10 heteroatoms. The van der Waals surface area contributed by atoms with E-state index in [1.807, 2.05) is 43.3 Å². The third-order valence-electron chi connectivity index (χ3n) is 4.41. The van der Waals surface area contributed by atoms with Crippen LogP contribution >= 0.6 is 0 Å². The number of morpholine rings is 1. The van der Waals surface area contributed by atoms with Gasteiger partial charge in [0.1, 0.15) is 4.90 Å². The van der Waals surface area contributed by atoms with E-state index in [0.717, 1.165) is 17.2 Å². The Hall–Kier alpha value is -3.08. The lowest BCUT2D eigenvalue weighted by Gasteiger charge is -2.26. The zero-order chi connectivity index (χ0) is 21.6. The van der Waals surface area contributed by atoms with E-state index in [4.69, 9.17) is 4.74 Å². The molecular weight excluding hydrogens is 408 g/mol. The molecule has 158 valence electrons. The topological polar surface area (TPSA) is 114 Å². The number of nitro benzene ring substituents is 1. The summed E-state index contributed by atoms with van der Waals surface area (Å²) in [6.07, 6.45) is 3.48. The predicted octanol–water partition coefficient (Wildman–Crippen LogP) is 3.12. The van der Waals surface area contributed by atoms with Gasteiger partial charge < -0.3 is 4.74 Å². The van der Waals surface area contributed by atoms with Crippen LogP contribution < -0.4 is 5.43 Å². The smallest absolute Gasteiger partial charge is 0.270 e. The Kier molecular flexibility index (Phi) is 6.93. The molecule has 9 nitrogen and oxygen atoms in total. The molecule has 0 atom stereocenters. The monoisotopic (exact) mass is 430 g/mol. The number of rotatable bonds is 7. The summed E-state index contributed by atoms with van der Waals surface area (Å²) in [5, 5.41) is 15.3. The van der Waals surface area contributed by atoms with Gasteiger partial charge in [0.15, 0.2) is 0 Å². The van der Waals surface area contributed by atoms with Crippen LogP contribution in [-0.2, 0) is 14.8 Å². The first-order chi connectivity index (χ1) is 14.4. The quantitative estimate of drug-likeness (QED) is 0.410. The van der Waals surface area contributed by atoms with Crippen molar-refractivity contribution in [2.75, 3.05) is 31.7 Å². The van der Waals surface area contributed by atoms with Gasteiger partial charge in [-0.05, 0) is 24.1 Å². The van der Waals surface area contributed by atoms with E-state index in [1.54, 1.807) is 6.21 Å². The molecule has 0 aliphatic carbocycles. The van der Waals surface area contributed by atoms with Gasteiger partial charge in [0, 0.05) is 25.2 Å². The lowest BCUT2D eigenvalue weighted by molar-refractivity contribution is -0.385. The maximum Gasteiger partial charge on any atom is 0.270 e. The minimum atomic E-state index is -3.95. The molecule has 0 spiro atoms. The second-order valence-electron chi connectivity index (χ2n) is 6.62. The lowest BCUT2D eigenvalue weighted by atomic mass is 10.1. The van der Waals surface area contributed by atoms with Crippen LogP contribution in [0.4, 0.5) is 11.4 Å². The van der Waals surface area contributed by atoms with E-state index in [-0.39, 0.29) is 42.6 Å². The van der Waals surface area contributed by atoms with Crippen LogP contribution in [0, 0.1) is 10.1 Å². The van der Waals surface area contributed by atoms with Crippen LogP contribution in [-0.4, -0.2) is 50.2 Å². The van der Waals surface area contributed by atoms with E-state index in [0.29, 0.717) is 0 Å². The Bertz CT molecular complexity index is 1060. The minimum absolute atomic E-state index is 0.163. The summed E-state index contributed by atoms with van der Waals surface area (Å²) in [5.74, 6) is 0. The van der Waals surface area contributed by atoms with Crippen molar-refractivity contribution in [1.29, 1.82) is 0 Å². The highest BCUT2D eigenvalue weighted by molar-refractivity contribution is 7.89. The van der Waals surface area contributed by atoms with E-state index in [1.165, 1.54) is 16.4 Å². The number of benzene rings is 2. The first kappa shape index (κ1) is 21.6. The van der Waals surface area contributed by atoms with Crippen molar-refractivity contribution in [3.8, 4) is 0 Å². The van der Waals surface area contributed by atoms with Crippen LogP contribution in [0.1, 0.15) is 12.5 Å². The molecule has 0 saturated carbocycles. The summed E-state index contributed by atoms with van der Waals surface area (Å²) in [4.78, 5) is 10.3. The van der Waals surface area contributed by atoms with Crippen LogP contribution in [0.3, 0.4) is 0 Å². The number of nitro groups is 1. The zero-order valence-corrected chi connectivity index (χ0v) is 17.2. The predicted molar refractivity (Wildman–Crippen MR) is 115 cm³/mol. The standard InChI is InChI=1S/C20H22N4O5S/c1-16(13-17-5-3-2-4-6-17)15-21-22-19-8-7-18(24(25)26)14-20(19)30(27,28)23-9-11-29-12-10-23/h2-8,13-15,22H,9-12H2,1H3/b16-13+,21-15+. The molecule has 0 radical (unpaired) electrons. The Morgan fingerprint density at radius 2 is 1.90 bits per heavy atom. The number of allylic oxidation sites excluding steroid dienone is 1. The van der Waals surface area contributed by atoms with Gasteiger partial charge in [-0.3, -0.25) is 15.5 Å². The Balaban J connectivity index is 1.87. The number of non-ortho nitro benzene ring substituents is 1. The highest BCUT2D eigenvalue weighted by Crippen LogP contribution is 2.29. The van der Waals surface area contributed by atoms with Gasteiger partial charge in [-0.25, -0.2) is 8.42 Å². The third kappa shape index (κ3) is 5.29. The minimum Gasteiger partial charge on any atom is -0.379 e. The summed E-state index contributed by atoms with van der Waals surface area (Å²) < 4.78 is 32.6. The van der Waals surface area contributed by atoms with E-state index in [9.17, 15) is 18.5 Å². The molecule has 2 aromatic rings. The van der Waals surface area contributed by atoms with Crippen molar-refractivity contribution >= 4 is 33.7 Å².